The molecule has 1 unspecified atom stereocenters. The van der Waals surface area contributed by atoms with Crippen molar-refractivity contribution >= 4 is 34.0 Å². The lowest BCUT2D eigenvalue weighted by molar-refractivity contribution is 0.0974. The van der Waals surface area contributed by atoms with Crippen molar-refractivity contribution in [1.82, 2.24) is 24.3 Å². The minimum absolute atomic E-state index is 0.410. The van der Waals surface area contributed by atoms with E-state index < -0.39 is 0 Å². The van der Waals surface area contributed by atoms with Crippen molar-refractivity contribution in [2.45, 2.75) is 18.9 Å². The van der Waals surface area contributed by atoms with Crippen LogP contribution in [-0.4, -0.2) is 49.9 Å². The van der Waals surface area contributed by atoms with Gasteiger partial charge in [0.1, 0.15) is 10.8 Å². The molecule has 3 aliphatic rings. The standard InChI is InChI=1S/C21H21ClN6/c22-19-18(15-11-24-16-4-2-1-3-14(15)16)26-20(21-23-7-10-28(19)21)25-17-12-27-8-5-13(17)6-9-27/h1-4,7,10-11,13,17,24H,5-6,8-9,12H2,(H,25,26). The van der Waals surface area contributed by atoms with Crippen LogP contribution in [-0.2, 0) is 0 Å². The molecular formula is C21H21ClN6. The summed E-state index contributed by atoms with van der Waals surface area (Å²) in [6, 6.07) is 8.63. The van der Waals surface area contributed by atoms with Crippen LogP contribution >= 0.6 is 11.6 Å². The molecule has 3 aromatic heterocycles. The number of H-pyrrole nitrogens is 1. The van der Waals surface area contributed by atoms with Gasteiger partial charge in [-0.3, -0.25) is 4.40 Å². The molecule has 3 saturated heterocycles. The largest absolute Gasteiger partial charge is 0.363 e. The average Bonchev–Trinajstić information content (AvgIpc) is 3.39. The second-order valence-electron chi connectivity index (χ2n) is 7.86. The molecule has 3 fully saturated rings. The van der Waals surface area contributed by atoms with Crippen LogP contribution in [0.5, 0.6) is 0 Å². The molecule has 1 atom stereocenters. The van der Waals surface area contributed by atoms with Crippen LogP contribution in [0, 0.1) is 5.92 Å². The summed E-state index contributed by atoms with van der Waals surface area (Å²) in [4.78, 5) is 15.4. The van der Waals surface area contributed by atoms with Gasteiger partial charge < -0.3 is 15.2 Å². The van der Waals surface area contributed by atoms with Crippen molar-refractivity contribution in [1.29, 1.82) is 0 Å². The first-order valence-corrected chi connectivity index (χ1v) is 10.2. The van der Waals surface area contributed by atoms with E-state index >= 15 is 0 Å². The Morgan fingerprint density at radius 3 is 2.86 bits per heavy atom. The lowest BCUT2D eigenvalue weighted by atomic mass is 9.84. The molecule has 7 rings (SSSR count). The number of imidazole rings is 1. The summed E-state index contributed by atoms with van der Waals surface area (Å²) in [6.07, 6.45) is 8.18. The number of piperidine rings is 3. The van der Waals surface area contributed by atoms with Crippen molar-refractivity contribution in [2.24, 2.45) is 5.92 Å². The molecule has 28 heavy (non-hydrogen) atoms. The Labute approximate surface area is 167 Å². The summed E-state index contributed by atoms with van der Waals surface area (Å²) in [5.41, 5.74) is 3.64. The Morgan fingerprint density at radius 2 is 2.04 bits per heavy atom. The number of anilines is 1. The molecule has 3 aliphatic heterocycles. The maximum absolute atomic E-state index is 6.76. The fourth-order valence-corrected chi connectivity index (χ4v) is 5.08. The van der Waals surface area contributed by atoms with Gasteiger partial charge in [0, 0.05) is 47.6 Å². The van der Waals surface area contributed by atoms with Crippen LogP contribution in [0.4, 0.5) is 5.82 Å². The number of fused-ring (bicyclic) bond motifs is 5. The zero-order valence-corrected chi connectivity index (χ0v) is 16.2. The first-order chi connectivity index (χ1) is 13.8. The van der Waals surface area contributed by atoms with E-state index in [0.717, 1.165) is 40.2 Å². The van der Waals surface area contributed by atoms with E-state index in [1.54, 1.807) is 6.20 Å². The van der Waals surface area contributed by atoms with Crippen LogP contribution in [0.2, 0.25) is 5.15 Å². The second-order valence-corrected chi connectivity index (χ2v) is 8.22. The topological polar surface area (TPSA) is 61.2 Å². The van der Waals surface area contributed by atoms with Gasteiger partial charge in [-0.05, 0) is 37.9 Å². The van der Waals surface area contributed by atoms with Gasteiger partial charge in [-0.1, -0.05) is 29.8 Å². The lowest BCUT2D eigenvalue weighted by Gasteiger charge is -2.45. The quantitative estimate of drug-likeness (QED) is 0.552. The molecule has 0 spiro atoms. The SMILES string of the molecule is Clc1c(-c2c[nH]c3ccccc23)nc(NC2CN3CCC2CC3)c2nccn12. The fourth-order valence-electron chi connectivity index (χ4n) is 4.80. The third-order valence-electron chi connectivity index (χ3n) is 6.31. The highest BCUT2D eigenvalue weighted by Crippen LogP contribution is 2.36. The van der Waals surface area contributed by atoms with Gasteiger partial charge in [-0.2, -0.15) is 0 Å². The third-order valence-corrected chi connectivity index (χ3v) is 6.67. The summed E-state index contributed by atoms with van der Waals surface area (Å²) >= 11 is 6.76. The van der Waals surface area contributed by atoms with Crippen LogP contribution in [0.1, 0.15) is 12.8 Å². The number of aromatic nitrogens is 4. The van der Waals surface area contributed by atoms with Gasteiger partial charge in [-0.15, -0.1) is 0 Å². The Balaban J connectivity index is 1.48. The minimum atomic E-state index is 0.410. The minimum Gasteiger partial charge on any atom is -0.363 e. The summed E-state index contributed by atoms with van der Waals surface area (Å²) < 4.78 is 1.93. The molecule has 142 valence electrons. The van der Waals surface area contributed by atoms with Crippen molar-refractivity contribution in [2.75, 3.05) is 25.0 Å². The molecule has 6 nitrogen and oxygen atoms in total. The number of nitrogens with one attached hydrogen (secondary N) is 2. The molecule has 0 amide bonds. The number of rotatable bonds is 3. The van der Waals surface area contributed by atoms with Gasteiger partial charge in [-0.25, -0.2) is 9.97 Å². The first kappa shape index (κ1) is 16.4. The number of para-hydroxylation sites is 1. The lowest BCUT2D eigenvalue weighted by Crippen LogP contribution is -2.53. The van der Waals surface area contributed by atoms with Gasteiger partial charge in [0.05, 0.1) is 0 Å². The normalized spacial score (nSPS) is 24.2. The molecule has 0 saturated carbocycles. The monoisotopic (exact) mass is 392 g/mol. The van der Waals surface area contributed by atoms with Crippen LogP contribution in [0.15, 0.2) is 42.9 Å². The maximum Gasteiger partial charge on any atom is 0.181 e. The number of benzene rings is 1. The van der Waals surface area contributed by atoms with E-state index in [2.05, 4.69) is 32.3 Å². The average molecular weight is 393 g/mol. The van der Waals surface area contributed by atoms with Gasteiger partial charge in [0.25, 0.3) is 0 Å². The van der Waals surface area contributed by atoms with E-state index in [-0.39, 0.29) is 0 Å². The zero-order valence-electron chi connectivity index (χ0n) is 15.4. The molecule has 4 aromatic rings. The van der Waals surface area contributed by atoms with Crippen LogP contribution < -0.4 is 5.32 Å². The maximum atomic E-state index is 6.76. The van der Waals surface area contributed by atoms with Crippen molar-refractivity contribution in [3.05, 3.63) is 48.0 Å². The molecule has 2 N–H and O–H groups in total. The highest BCUT2D eigenvalue weighted by molar-refractivity contribution is 6.32. The van der Waals surface area contributed by atoms with E-state index in [1.807, 2.05) is 28.9 Å². The number of hydrogen-bond acceptors (Lipinski definition) is 4. The molecule has 6 heterocycles. The third kappa shape index (κ3) is 2.45. The molecule has 7 heteroatoms. The van der Waals surface area contributed by atoms with Crippen molar-refractivity contribution in [3.63, 3.8) is 0 Å². The highest BCUT2D eigenvalue weighted by atomic mass is 35.5. The summed E-state index contributed by atoms with van der Waals surface area (Å²) in [5, 5.41) is 5.41. The number of nitrogens with zero attached hydrogens (tertiary/aromatic N) is 4. The molecule has 2 bridgehead atoms. The van der Waals surface area contributed by atoms with Gasteiger partial charge in [0.2, 0.25) is 0 Å². The Hall–Kier alpha value is -2.57. The summed E-state index contributed by atoms with van der Waals surface area (Å²) in [6.45, 7) is 3.51. The number of halogens is 1. The number of hydrogen-bond donors (Lipinski definition) is 2. The van der Waals surface area contributed by atoms with Crippen LogP contribution in [0.25, 0.3) is 27.8 Å². The van der Waals surface area contributed by atoms with Crippen molar-refractivity contribution in [3.8, 4) is 11.3 Å². The van der Waals surface area contributed by atoms with Crippen molar-refractivity contribution < 1.29 is 0 Å². The second kappa shape index (κ2) is 6.22. The molecule has 0 radical (unpaired) electrons. The highest BCUT2D eigenvalue weighted by Gasteiger charge is 2.34. The molecule has 0 aliphatic carbocycles. The van der Waals surface area contributed by atoms with Crippen LogP contribution in [0.3, 0.4) is 0 Å². The van der Waals surface area contributed by atoms with E-state index in [1.165, 1.54) is 25.9 Å². The fraction of sp³-hybridized carbons (Fsp3) is 0.333. The van der Waals surface area contributed by atoms with Gasteiger partial charge in [0.15, 0.2) is 11.5 Å². The Morgan fingerprint density at radius 1 is 1.18 bits per heavy atom. The first-order valence-electron chi connectivity index (χ1n) is 9.86. The predicted octanol–water partition coefficient (Wildman–Crippen LogP) is 4.04. The number of aromatic amines is 1. The summed E-state index contributed by atoms with van der Waals surface area (Å²) in [7, 11) is 0. The van der Waals surface area contributed by atoms with E-state index in [9.17, 15) is 0 Å². The Kier molecular flexibility index (Phi) is 3.64. The predicted molar refractivity (Wildman–Crippen MR) is 112 cm³/mol. The zero-order chi connectivity index (χ0) is 18.7. The molecule has 1 aromatic carbocycles. The smallest absolute Gasteiger partial charge is 0.181 e. The Bertz CT molecular complexity index is 1170. The van der Waals surface area contributed by atoms with E-state index in [0.29, 0.717) is 17.1 Å². The summed E-state index contributed by atoms with van der Waals surface area (Å²) in [5.74, 6) is 1.52. The van der Waals surface area contributed by atoms with E-state index in [4.69, 9.17) is 16.6 Å². The van der Waals surface area contributed by atoms with Gasteiger partial charge >= 0.3 is 0 Å². The molecular weight excluding hydrogens is 372 g/mol.